The summed E-state index contributed by atoms with van der Waals surface area (Å²) in [7, 11) is 3.93. The summed E-state index contributed by atoms with van der Waals surface area (Å²) >= 11 is 0. The second-order valence-electron chi connectivity index (χ2n) is 8.69. The summed E-state index contributed by atoms with van der Waals surface area (Å²) in [6.07, 6.45) is 0.0649. The summed E-state index contributed by atoms with van der Waals surface area (Å²) in [6, 6.07) is 14.9. The van der Waals surface area contributed by atoms with Crippen LogP contribution in [0.5, 0.6) is 5.75 Å². The number of ether oxygens (including phenoxy) is 2. The number of carbonyl (C=O) groups is 2. The van der Waals surface area contributed by atoms with E-state index in [1.54, 1.807) is 0 Å². The average Bonchev–Trinajstić information content (AvgIpc) is 2.98. The smallest absolute Gasteiger partial charge is 0.278 e. The Kier molecular flexibility index (Phi) is 7.76. The van der Waals surface area contributed by atoms with E-state index in [1.165, 1.54) is 4.90 Å². The minimum absolute atomic E-state index is 0.0199. The quantitative estimate of drug-likeness (QED) is 0.547. The summed E-state index contributed by atoms with van der Waals surface area (Å²) in [6.45, 7) is 8.23. The first kappa shape index (κ1) is 24.3. The highest BCUT2D eigenvalue weighted by molar-refractivity contribution is 6.36. The normalized spacial score (nSPS) is 14.0. The standard InChI is InChI=1S/C26H33N3O4/c1-17(2)32-16-15-29-25(30)23(19-7-13-22(14-8-19)33-18(3)4)24(26(29)31)27-20-9-11-21(12-10-20)28(5)6/h7-14,17-18,27H,15-16H2,1-6H3. The van der Waals surface area contributed by atoms with E-state index < -0.39 is 0 Å². The topological polar surface area (TPSA) is 71.1 Å². The van der Waals surface area contributed by atoms with Gasteiger partial charge in [0.2, 0.25) is 0 Å². The number of carbonyl (C=O) groups excluding carboxylic acids is 2. The first-order valence-corrected chi connectivity index (χ1v) is 11.2. The van der Waals surface area contributed by atoms with E-state index in [0.717, 1.165) is 11.4 Å². The van der Waals surface area contributed by atoms with Crippen molar-refractivity contribution in [1.29, 1.82) is 0 Å². The van der Waals surface area contributed by atoms with Gasteiger partial charge in [0.1, 0.15) is 11.4 Å². The van der Waals surface area contributed by atoms with Crippen LogP contribution in [0, 0.1) is 0 Å². The van der Waals surface area contributed by atoms with Crippen LogP contribution in [0.25, 0.3) is 5.57 Å². The Balaban J connectivity index is 1.93. The Labute approximate surface area is 196 Å². The highest BCUT2D eigenvalue weighted by atomic mass is 16.5. The fourth-order valence-electron chi connectivity index (χ4n) is 3.50. The van der Waals surface area contributed by atoms with E-state index in [9.17, 15) is 9.59 Å². The van der Waals surface area contributed by atoms with E-state index >= 15 is 0 Å². The van der Waals surface area contributed by atoms with Crippen molar-refractivity contribution in [2.24, 2.45) is 0 Å². The molecule has 33 heavy (non-hydrogen) atoms. The number of amides is 2. The van der Waals surface area contributed by atoms with Gasteiger partial charge in [-0.25, -0.2) is 0 Å². The van der Waals surface area contributed by atoms with Crippen LogP contribution in [-0.4, -0.2) is 56.2 Å². The molecule has 2 amide bonds. The monoisotopic (exact) mass is 451 g/mol. The first-order chi connectivity index (χ1) is 15.7. The molecule has 1 aliphatic rings. The molecule has 1 N–H and O–H groups in total. The molecule has 0 bridgehead atoms. The van der Waals surface area contributed by atoms with Crippen molar-refractivity contribution in [3.63, 3.8) is 0 Å². The third-order valence-electron chi connectivity index (χ3n) is 5.10. The zero-order chi connectivity index (χ0) is 24.1. The van der Waals surface area contributed by atoms with Crippen LogP contribution in [0.1, 0.15) is 33.3 Å². The Hall–Kier alpha value is -3.32. The lowest BCUT2D eigenvalue weighted by Crippen LogP contribution is -2.35. The number of nitrogens with one attached hydrogen (secondary N) is 1. The zero-order valence-corrected chi connectivity index (χ0v) is 20.2. The predicted molar refractivity (Wildman–Crippen MR) is 131 cm³/mol. The van der Waals surface area contributed by atoms with Gasteiger partial charge in [-0.2, -0.15) is 0 Å². The molecule has 0 radical (unpaired) electrons. The van der Waals surface area contributed by atoms with Gasteiger partial charge >= 0.3 is 0 Å². The van der Waals surface area contributed by atoms with Crippen molar-refractivity contribution in [3.8, 4) is 5.75 Å². The molecule has 0 saturated heterocycles. The molecule has 0 spiro atoms. The summed E-state index contributed by atoms with van der Waals surface area (Å²) in [4.78, 5) is 29.8. The Morgan fingerprint density at radius 3 is 2.06 bits per heavy atom. The maximum Gasteiger partial charge on any atom is 0.278 e. The van der Waals surface area contributed by atoms with Crippen LogP contribution < -0.4 is 15.0 Å². The molecule has 7 heteroatoms. The molecule has 0 atom stereocenters. The minimum atomic E-state index is -0.360. The molecule has 176 valence electrons. The maximum atomic E-state index is 13.3. The van der Waals surface area contributed by atoms with Crippen molar-refractivity contribution in [1.82, 2.24) is 4.90 Å². The lowest BCUT2D eigenvalue weighted by Gasteiger charge is -2.17. The summed E-state index contributed by atoms with van der Waals surface area (Å²) in [5.74, 6) is 0.0148. The molecule has 7 nitrogen and oxygen atoms in total. The number of benzene rings is 2. The van der Waals surface area contributed by atoms with Gasteiger partial charge in [-0.3, -0.25) is 14.5 Å². The van der Waals surface area contributed by atoms with Crippen molar-refractivity contribution in [3.05, 3.63) is 59.8 Å². The number of hydrogen-bond donors (Lipinski definition) is 1. The Bertz CT molecular complexity index is 1010. The van der Waals surface area contributed by atoms with Gasteiger partial charge < -0.3 is 19.7 Å². The molecule has 1 aliphatic heterocycles. The molecule has 0 saturated carbocycles. The number of nitrogens with zero attached hydrogens (tertiary/aromatic N) is 2. The molecule has 0 fully saturated rings. The van der Waals surface area contributed by atoms with E-state index in [-0.39, 0.29) is 42.9 Å². The average molecular weight is 452 g/mol. The Morgan fingerprint density at radius 2 is 1.52 bits per heavy atom. The largest absolute Gasteiger partial charge is 0.491 e. The van der Waals surface area contributed by atoms with Crippen LogP contribution in [0.4, 0.5) is 11.4 Å². The number of rotatable bonds is 10. The van der Waals surface area contributed by atoms with E-state index in [1.807, 2.05) is 95.2 Å². The molecule has 0 aliphatic carbocycles. The van der Waals surface area contributed by atoms with Crippen LogP contribution in [0.15, 0.2) is 54.2 Å². The van der Waals surface area contributed by atoms with Crippen LogP contribution in [0.3, 0.4) is 0 Å². The lowest BCUT2D eigenvalue weighted by atomic mass is 10.0. The SMILES string of the molecule is CC(C)OCCN1C(=O)C(Nc2ccc(N(C)C)cc2)=C(c2ccc(OC(C)C)cc2)C1=O. The highest BCUT2D eigenvalue weighted by Crippen LogP contribution is 2.32. The zero-order valence-electron chi connectivity index (χ0n) is 20.2. The maximum absolute atomic E-state index is 13.3. The number of imide groups is 1. The Morgan fingerprint density at radius 1 is 0.879 bits per heavy atom. The molecule has 2 aromatic carbocycles. The summed E-state index contributed by atoms with van der Waals surface area (Å²) in [5.41, 5.74) is 3.03. The van der Waals surface area contributed by atoms with Gasteiger partial charge in [0, 0.05) is 25.5 Å². The second-order valence-corrected chi connectivity index (χ2v) is 8.69. The molecule has 2 aromatic rings. The van der Waals surface area contributed by atoms with Gasteiger partial charge in [-0.05, 0) is 69.7 Å². The fraction of sp³-hybridized carbons (Fsp3) is 0.385. The predicted octanol–water partition coefficient (Wildman–Crippen LogP) is 4.16. The van der Waals surface area contributed by atoms with Gasteiger partial charge in [0.05, 0.1) is 30.9 Å². The van der Waals surface area contributed by atoms with E-state index in [4.69, 9.17) is 9.47 Å². The van der Waals surface area contributed by atoms with Gasteiger partial charge in [-0.15, -0.1) is 0 Å². The highest BCUT2D eigenvalue weighted by Gasteiger charge is 2.39. The molecule has 0 aromatic heterocycles. The molecule has 3 rings (SSSR count). The molecule has 1 heterocycles. The van der Waals surface area contributed by atoms with Crippen LogP contribution in [0.2, 0.25) is 0 Å². The van der Waals surface area contributed by atoms with Crippen LogP contribution >= 0.6 is 0 Å². The van der Waals surface area contributed by atoms with Crippen molar-refractivity contribution >= 4 is 28.8 Å². The van der Waals surface area contributed by atoms with E-state index in [2.05, 4.69) is 5.32 Å². The van der Waals surface area contributed by atoms with Gasteiger partial charge in [0.25, 0.3) is 11.8 Å². The minimum Gasteiger partial charge on any atom is -0.491 e. The third kappa shape index (κ3) is 5.93. The third-order valence-corrected chi connectivity index (χ3v) is 5.10. The molecular formula is C26H33N3O4. The fourth-order valence-corrected chi connectivity index (χ4v) is 3.50. The van der Waals surface area contributed by atoms with Crippen molar-refractivity contribution in [2.75, 3.05) is 37.5 Å². The second kappa shape index (κ2) is 10.5. The first-order valence-electron chi connectivity index (χ1n) is 11.2. The van der Waals surface area contributed by atoms with Crippen LogP contribution in [-0.2, 0) is 14.3 Å². The van der Waals surface area contributed by atoms with Crippen molar-refractivity contribution in [2.45, 2.75) is 39.9 Å². The summed E-state index contributed by atoms with van der Waals surface area (Å²) in [5, 5.41) is 3.19. The number of hydrogen-bond acceptors (Lipinski definition) is 6. The number of anilines is 2. The summed E-state index contributed by atoms with van der Waals surface area (Å²) < 4.78 is 11.3. The van der Waals surface area contributed by atoms with Crippen molar-refractivity contribution < 1.29 is 19.1 Å². The molecular weight excluding hydrogens is 418 g/mol. The van der Waals surface area contributed by atoms with Gasteiger partial charge in [0.15, 0.2) is 0 Å². The molecule has 0 unspecified atom stereocenters. The lowest BCUT2D eigenvalue weighted by molar-refractivity contribution is -0.137. The van der Waals surface area contributed by atoms with Gasteiger partial charge in [-0.1, -0.05) is 12.1 Å². The van der Waals surface area contributed by atoms with E-state index in [0.29, 0.717) is 16.9 Å².